The van der Waals surface area contributed by atoms with Gasteiger partial charge in [0.15, 0.2) is 17.7 Å². The molecule has 0 radical (unpaired) electrons. The van der Waals surface area contributed by atoms with Crippen molar-refractivity contribution in [3.05, 3.63) is 23.3 Å². The smallest absolute Gasteiger partial charge is 0.180 e. The van der Waals surface area contributed by atoms with E-state index in [0.29, 0.717) is 0 Å². The molecule has 6 heteroatoms. The van der Waals surface area contributed by atoms with Crippen molar-refractivity contribution in [3.8, 4) is 17.7 Å². The molecule has 1 aromatic rings. The highest BCUT2D eigenvalue weighted by Crippen LogP contribution is 2.85. The van der Waals surface area contributed by atoms with Gasteiger partial charge in [-0.3, -0.25) is 4.90 Å². The number of hydrogen-bond donors (Lipinski definition) is 1. The van der Waals surface area contributed by atoms with Crippen molar-refractivity contribution >= 4 is 0 Å². The van der Waals surface area contributed by atoms with E-state index in [-0.39, 0.29) is 39.8 Å². The molecule has 0 aromatic heterocycles. The van der Waals surface area contributed by atoms with Crippen molar-refractivity contribution in [2.75, 3.05) is 14.2 Å². The van der Waals surface area contributed by atoms with Gasteiger partial charge in [0.2, 0.25) is 0 Å². The van der Waals surface area contributed by atoms with Gasteiger partial charge in [0.1, 0.15) is 11.7 Å². The molecular weight excluding hydrogens is 416 g/mol. The van der Waals surface area contributed by atoms with E-state index in [1.165, 1.54) is 11.1 Å². The predicted octanol–water partition coefficient (Wildman–Crippen LogP) is 3.54. The number of ether oxygens (including phenoxy) is 3. The zero-order valence-electron chi connectivity index (χ0n) is 20.5. The van der Waals surface area contributed by atoms with E-state index in [0.717, 1.165) is 43.6 Å². The fraction of sp³-hybridized carbons (Fsp3) is 0.741. The highest BCUT2D eigenvalue weighted by Gasteiger charge is 2.93. The molecule has 8 atom stereocenters. The van der Waals surface area contributed by atoms with Crippen LogP contribution in [0.25, 0.3) is 0 Å². The Morgan fingerprint density at radius 1 is 1.21 bits per heavy atom. The molecule has 5 fully saturated rings. The van der Waals surface area contributed by atoms with Gasteiger partial charge in [-0.05, 0) is 56.1 Å². The quantitative estimate of drug-likeness (QED) is 0.561. The van der Waals surface area contributed by atoms with Crippen molar-refractivity contribution in [2.45, 2.75) is 94.1 Å². The van der Waals surface area contributed by atoms with Crippen molar-refractivity contribution in [1.29, 1.82) is 5.26 Å². The standard InChI is InChI=1S/C27H34N2O4/c1-22(2,3)23(4,30)17-12-24-9-10-27(17,32-6)21-26(24)13-25(20(24)29(25)14-28)11-15-7-8-16(31-5)19(33-21)18(15)26/h7-8,17,20-21,30H,9-13H2,1-6H3/t17?,20?,21?,23?,24?,25-,26+,27?,29?/m1/s1. The molecule has 1 saturated heterocycles. The Hall–Kier alpha value is -1.97. The van der Waals surface area contributed by atoms with Crippen molar-refractivity contribution < 1.29 is 19.3 Å². The molecule has 3 spiro atoms. The van der Waals surface area contributed by atoms with Crippen LogP contribution in [0.2, 0.25) is 0 Å². The molecule has 5 aliphatic carbocycles. The molecule has 2 heterocycles. The van der Waals surface area contributed by atoms with Gasteiger partial charge in [-0.1, -0.05) is 26.8 Å². The van der Waals surface area contributed by atoms with Crippen LogP contribution in [-0.2, 0) is 16.6 Å². The second-order valence-corrected chi connectivity index (χ2v) is 12.9. The predicted molar refractivity (Wildman–Crippen MR) is 121 cm³/mol. The minimum Gasteiger partial charge on any atom is -0.493 e. The Morgan fingerprint density at radius 2 is 1.97 bits per heavy atom. The fourth-order valence-corrected chi connectivity index (χ4v) is 9.77. The summed E-state index contributed by atoms with van der Waals surface area (Å²) in [4.78, 5) is 2.09. The minimum absolute atomic E-state index is 0.0966. The van der Waals surface area contributed by atoms with Crippen LogP contribution >= 0.6 is 0 Å². The summed E-state index contributed by atoms with van der Waals surface area (Å²) >= 11 is 0. The number of likely N-dealkylation sites (tertiary alicyclic amines) is 1. The maximum Gasteiger partial charge on any atom is 0.180 e. The maximum absolute atomic E-state index is 12.1. The number of piperidine rings is 1. The number of rotatable bonds is 3. The molecule has 8 rings (SSSR count). The summed E-state index contributed by atoms with van der Waals surface area (Å²) in [6.45, 7) is 8.34. The number of nitrogens with zero attached hydrogens (tertiary/aromatic N) is 2. The number of benzene rings is 1. The van der Waals surface area contributed by atoms with Crippen LogP contribution in [-0.4, -0.2) is 53.1 Å². The van der Waals surface area contributed by atoms with E-state index in [9.17, 15) is 10.4 Å². The molecule has 4 saturated carbocycles. The normalized spacial score (nSPS) is 46.7. The number of hydrogen-bond acceptors (Lipinski definition) is 6. The molecule has 176 valence electrons. The maximum atomic E-state index is 12.1. The first-order valence-corrected chi connectivity index (χ1v) is 12.3. The average Bonchev–Trinajstić information content (AvgIpc) is 3.12. The third kappa shape index (κ3) is 1.72. The number of nitriles is 1. The lowest BCUT2D eigenvalue weighted by molar-refractivity contribution is -0.290. The van der Waals surface area contributed by atoms with Gasteiger partial charge in [0, 0.05) is 29.4 Å². The molecule has 33 heavy (non-hydrogen) atoms. The van der Waals surface area contributed by atoms with Gasteiger partial charge < -0.3 is 19.3 Å². The molecule has 1 N–H and O–H groups in total. The Kier molecular flexibility index (Phi) is 3.28. The van der Waals surface area contributed by atoms with Gasteiger partial charge in [-0.15, -0.1) is 0 Å². The fourth-order valence-electron chi connectivity index (χ4n) is 9.77. The van der Waals surface area contributed by atoms with Gasteiger partial charge in [-0.25, -0.2) is 0 Å². The van der Waals surface area contributed by atoms with Crippen LogP contribution in [0.5, 0.6) is 11.5 Å². The molecule has 6 unspecified atom stereocenters. The summed E-state index contributed by atoms with van der Waals surface area (Å²) in [7, 11) is 3.51. The van der Waals surface area contributed by atoms with E-state index in [4.69, 9.17) is 14.2 Å². The van der Waals surface area contributed by atoms with E-state index < -0.39 is 11.2 Å². The third-order valence-corrected chi connectivity index (χ3v) is 11.5. The molecule has 1 aromatic carbocycles. The topological polar surface area (TPSA) is 74.7 Å². The Morgan fingerprint density at radius 3 is 2.61 bits per heavy atom. The SMILES string of the molecule is COc1ccc2c3c1OC1C4(OC)CCC5(CC4C(C)(O)C(C)(C)C)C4N(C#N)[C@]4(C2)C[C@]315. The molecule has 6 nitrogen and oxygen atoms in total. The highest BCUT2D eigenvalue weighted by atomic mass is 16.6. The summed E-state index contributed by atoms with van der Waals surface area (Å²) in [6.07, 6.45) is 6.88. The summed E-state index contributed by atoms with van der Waals surface area (Å²) in [6, 6.07) is 4.42. The van der Waals surface area contributed by atoms with E-state index >= 15 is 0 Å². The van der Waals surface area contributed by atoms with Crippen LogP contribution in [0, 0.1) is 28.2 Å². The van der Waals surface area contributed by atoms with Gasteiger partial charge >= 0.3 is 0 Å². The first-order valence-electron chi connectivity index (χ1n) is 12.3. The number of fused-ring (bicyclic) bond motifs is 2. The Labute approximate surface area is 195 Å². The van der Waals surface area contributed by atoms with Crippen molar-refractivity contribution in [1.82, 2.24) is 4.90 Å². The molecule has 0 amide bonds. The second kappa shape index (κ2) is 5.31. The van der Waals surface area contributed by atoms with Crippen LogP contribution in [0.15, 0.2) is 12.1 Å². The van der Waals surface area contributed by atoms with Crippen LogP contribution in [0.3, 0.4) is 0 Å². The first-order chi connectivity index (χ1) is 15.5. The zero-order chi connectivity index (χ0) is 23.4. The third-order valence-electron chi connectivity index (χ3n) is 11.5. The van der Waals surface area contributed by atoms with Crippen LogP contribution < -0.4 is 9.47 Å². The summed E-state index contributed by atoms with van der Waals surface area (Å²) in [5.41, 5.74) is 0.313. The number of aliphatic hydroxyl groups is 1. The lowest BCUT2D eigenvalue weighted by Gasteiger charge is -2.69. The van der Waals surface area contributed by atoms with Gasteiger partial charge in [0.25, 0.3) is 0 Å². The van der Waals surface area contributed by atoms with Gasteiger partial charge in [0.05, 0.1) is 24.3 Å². The van der Waals surface area contributed by atoms with E-state index in [1.54, 1.807) is 14.2 Å². The van der Waals surface area contributed by atoms with Crippen molar-refractivity contribution in [2.24, 2.45) is 16.7 Å². The summed E-state index contributed by atoms with van der Waals surface area (Å²) in [5, 5.41) is 22.2. The minimum atomic E-state index is -0.959. The van der Waals surface area contributed by atoms with E-state index in [1.807, 2.05) is 13.0 Å². The first kappa shape index (κ1) is 20.4. The summed E-state index contributed by atoms with van der Waals surface area (Å²) in [5.74, 6) is 1.57. The largest absolute Gasteiger partial charge is 0.493 e. The summed E-state index contributed by atoms with van der Waals surface area (Å²) < 4.78 is 19.3. The molecule has 7 aliphatic rings. The Bertz CT molecular complexity index is 1150. The Balaban J connectivity index is 1.53. The molecule has 4 bridgehead atoms. The second-order valence-electron chi connectivity index (χ2n) is 12.9. The lowest BCUT2D eigenvalue weighted by Crippen LogP contribution is -2.78. The highest BCUT2D eigenvalue weighted by molar-refractivity contribution is 5.68. The molecule has 2 aliphatic heterocycles. The van der Waals surface area contributed by atoms with Crippen LogP contribution in [0.4, 0.5) is 0 Å². The molecular formula is C27H34N2O4. The van der Waals surface area contributed by atoms with Crippen molar-refractivity contribution in [3.63, 3.8) is 0 Å². The van der Waals surface area contributed by atoms with Crippen LogP contribution in [0.1, 0.15) is 64.5 Å². The number of methoxy groups -OCH3 is 2. The average molecular weight is 451 g/mol. The lowest BCUT2D eigenvalue weighted by atomic mass is 9.38. The zero-order valence-corrected chi connectivity index (χ0v) is 20.5. The van der Waals surface area contributed by atoms with Gasteiger partial charge in [-0.2, -0.15) is 5.26 Å². The van der Waals surface area contributed by atoms with E-state index in [2.05, 4.69) is 37.9 Å². The monoisotopic (exact) mass is 450 g/mol.